The van der Waals surface area contributed by atoms with Gasteiger partial charge >= 0.3 is 0 Å². The van der Waals surface area contributed by atoms with Crippen LogP contribution >= 0.6 is 11.3 Å². The molecule has 0 aliphatic carbocycles. The summed E-state index contributed by atoms with van der Waals surface area (Å²) in [7, 11) is 0. The standard InChI is InChI=1S/C51H31N3OS/c1-3-11-32(12-4-1)33-23-27-37(28-24-33)50-52-49(36-13-5-2-6-14-36)53-51(54-50)43-18-10-19-44-47(43)42-30-29-38(31-45(42)55-44)34-21-25-35(26-22-34)39-16-9-17-41-40-15-7-8-20-46(40)56-48(39)41/h1-31H. The van der Waals surface area contributed by atoms with E-state index in [0.717, 1.165) is 55.3 Å². The summed E-state index contributed by atoms with van der Waals surface area (Å²) in [5.41, 5.74) is 11.4. The molecule has 3 aromatic heterocycles. The highest BCUT2D eigenvalue weighted by molar-refractivity contribution is 7.26. The Morgan fingerprint density at radius 1 is 0.339 bits per heavy atom. The largest absolute Gasteiger partial charge is 0.456 e. The van der Waals surface area contributed by atoms with Gasteiger partial charge in [0.2, 0.25) is 0 Å². The highest BCUT2D eigenvalue weighted by atomic mass is 32.1. The van der Waals surface area contributed by atoms with Gasteiger partial charge in [-0.2, -0.15) is 0 Å². The molecule has 11 aromatic rings. The van der Waals surface area contributed by atoms with Crippen LogP contribution in [0.25, 0.3) is 110 Å². The van der Waals surface area contributed by atoms with E-state index in [1.807, 2.05) is 59.9 Å². The first kappa shape index (κ1) is 32.2. The molecule has 4 nitrogen and oxygen atoms in total. The van der Waals surface area contributed by atoms with Gasteiger partial charge in [-0.1, -0.05) is 164 Å². The van der Waals surface area contributed by atoms with Crippen molar-refractivity contribution in [3.8, 4) is 67.5 Å². The SMILES string of the molecule is c1ccc(-c2ccc(-c3nc(-c4ccccc4)nc(-c4cccc5oc6cc(-c7ccc(-c8cccc9c8sc8ccccc89)cc7)ccc6c45)n3)cc2)cc1. The predicted octanol–water partition coefficient (Wildman–Crippen LogP) is 14.1. The molecule has 3 heterocycles. The van der Waals surface area contributed by atoms with Gasteiger partial charge in [-0.05, 0) is 57.6 Å². The zero-order valence-corrected chi connectivity index (χ0v) is 30.9. The van der Waals surface area contributed by atoms with Crippen LogP contribution in [0.5, 0.6) is 0 Å². The highest BCUT2D eigenvalue weighted by Gasteiger charge is 2.19. The number of rotatable bonds is 6. The lowest BCUT2D eigenvalue weighted by atomic mass is 9.98. The minimum absolute atomic E-state index is 0.600. The van der Waals surface area contributed by atoms with E-state index in [1.54, 1.807) is 0 Å². The van der Waals surface area contributed by atoms with Crippen molar-refractivity contribution in [3.63, 3.8) is 0 Å². The Hall–Kier alpha value is -7.21. The van der Waals surface area contributed by atoms with Gasteiger partial charge in [0.15, 0.2) is 17.5 Å². The molecule has 0 radical (unpaired) electrons. The van der Waals surface area contributed by atoms with Crippen LogP contribution in [0.1, 0.15) is 0 Å². The Labute approximate surface area is 327 Å². The molecule has 0 spiro atoms. The molecule has 11 rings (SSSR count). The lowest BCUT2D eigenvalue weighted by molar-refractivity contribution is 0.669. The number of thiophene rings is 1. The van der Waals surface area contributed by atoms with Crippen LogP contribution in [0.3, 0.4) is 0 Å². The first-order chi connectivity index (χ1) is 27.7. The van der Waals surface area contributed by atoms with Crippen LogP contribution < -0.4 is 0 Å². The van der Waals surface area contributed by atoms with E-state index in [2.05, 4.69) is 140 Å². The number of nitrogens with zero attached hydrogens (tertiary/aromatic N) is 3. The van der Waals surface area contributed by atoms with Crippen LogP contribution in [0.2, 0.25) is 0 Å². The molecular weight excluding hydrogens is 703 g/mol. The van der Waals surface area contributed by atoms with Crippen LogP contribution in [-0.4, -0.2) is 15.0 Å². The molecule has 0 bridgehead atoms. The average Bonchev–Trinajstić information content (AvgIpc) is 3.85. The fourth-order valence-corrected chi connectivity index (χ4v) is 9.03. The van der Waals surface area contributed by atoms with Crippen molar-refractivity contribution in [1.29, 1.82) is 0 Å². The summed E-state index contributed by atoms with van der Waals surface area (Å²) in [6, 6.07) is 65.6. The van der Waals surface area contributed by atoms with Crippen LogP contribution in [0, 0.1) is 0 Å². The van der Waals surface area contributed by atoms with Gasteiger partial charge in [0.1, 0.15) is 11.2 Å². The van der Waals surface area contributed by atoms with E-state index < -0.39 is 0 Å². The van der Waals surface area contributed by atoms with Gasteiger partial charge in [-0.3, -0.25) is 0 Å². The molecule has 0 aliphatic heterocycles. The van der Waals surface area contributed by atoms with E-state index in [0.29, 0.717) is 17.5 Å². The van der Waals surface area contributed by atoms with Gasteiger partial charge < -0.3 is 4.42 Å². The van der Waals surface area contributed by atoms with Crippen molar-refractivity contribution >= 4 is 53.4 Å². The molecule has 0 N–H and O–H groups in total. The van der Waals surface area contributed by atoms with Gasteiger partial charge in [0.05, 0.1) is 0 Å². The van der Waals surface area contributed by atoms with E-state index in [4.69, 9.17) is 19.4 Å². The van der Waals surface area contributed by atoms with Crippen molar-refractivity contribution in [1.82, 2.24) is 15.0 Å². The third kappa shape index (κ3) is 5.56. The van der Waals surface area contributed by atoms with Crippen molar-refractivity contribution in [2.45, 2.75) is 0 Å². The zero-order chi connectivity index (χ0) is 37.0. The number of fused-ring (bicyclic) bond motifs is 6. The van der Waals surface area contributed by atoms with E-state index in [-0.39, 0.29) is 0 Å². The number of hydrogen-bond donors (Lipinski definition) is 0. The zero-order valence-electron chi connectivity index (χ0n) is 30.1. The molecule has 262 valence electrons. The summed E-state index contributed by atoms with van der Waals surface area (Å²) in [6.07, 6.45) is 0. The average molecular weight is 734 g/mol. The fraction of sp³-hybridized carbons (Fsp3) is 0. The Morgan fingerprint density at radius 3 is 1.64 bits per heavy atom. The predicted molar refractivity (Wildman–Crippen MR) is 233 cm³/mol. The first-order valence-corrected chi connectivity index (χ1v) is 19.5. The molecular formula is C51H31N3OS. The second-order valence-electron chi connectivity index (χ2n) is 14.0. The smallest absolute Gasteiger partial charge is 0.164 e. The Bertz CT molecular complexity index is 3220. The summed E-state index contributed by atoms with van der Waals surface area (Å²) >= 11 is 1.86. The topological polar surface area (TPSA) is 51.8 Å². The molecule has 5 heteroatoms. The number of aromatic nitrogens is 3. The lowest BCUT2D eigenvalue weighted by Gasteiger charge is -2.10. The fourth-order valence-electron chi connectivity index (χ4n) is 7.79. The molecule has 0 aliphatic rings. The van der Waals surface area contributed by atoms with Crippen LogP contribution in [0.15, 0.2) is 192 Å². The highest BCUT2D eigenvalue weighted by Crippen LogP contribution is 2.41. The first-order valence-electron chi connectivity index (χ1n) is 18.7. The van der Waals surface area contributed by atoms with Gasteiger partial charge in [-0.25, -0.2) is 15.0 Å². The summed E-state index contributed by atoms with van der Waals surface area (Å²) in [5.74, 6) is 1.84. The summed E-state index contributed by atoms with van der Waals surface area (Å²) in [6.45, 7) is 0. The second-order valence-corrected chi connectivity index (χ2v) is 15.0. The van der Waals surface area contributed by atoms with E-state index >= 15 is 0 Å². The van der Waals surface area contributed by atoms with Crippen molar-refractivity contribution in [3.05, 3.63) is 188 Å². The normalized spacial score (nSPS) is 11.6. The maximum atomic E-state index is 6.56. The minimum Gasteiger partial charge on any atom is -0.456 e. The van der Waals surface area contributed by atoms with Gasteiger partial charge in [0, 0.05) is 47.6 Å². The molecule has 0 unspecified atom stereocenters. The molecule has 0 fully saturated rings. The number of furan rings is 1. The van der Waals surface area contributed by atoms with Crippen LogP contribution in [0.4, 0.5) is 0 Å². The summed E-state index contributed by atoms with van der Waals surface area (Å²) in [5, 5.41) is 4.62. The molecule has 0 saturated heterocycles. The Morgan fingerprint density at radius 2 is 0.875 bits per heavy atom. The third-order valence-electron chi connectivity index (χ3n) is 10.6. The Kier molecular flexibility index (Phi) is 7.64. The van der Waals surface area contributed by atoms with Gasteiger partial charge in [-0.15, -0.1) is 11.3 Å². The van der Waals surface area contributed by atoms with E-state index in [9.17, 15) is 0 Å². The van der Waals surface area contributed by atoms with Crippen molar-refractivity contribution in [2.75, 3.05) is 0 Å². The maximum Gasteiger partial charge on any atom is 0.164 e. The molecule has 8 aromatic carbocycles. The molecule has 0 atom stereocenters. The summed E-state index contributed by atoms with van der Waals surface area (Å²) < 4.78 is 9.20. The van der Waals surface area contributed by atoms with Gasteiger partial charge in [0.25, 0.3) is 0 Å². The van der Waals surface area contributed by atoms with Crippen molar-refractivity contribution < 1.29 is 4.42 Å². The van der Waals surface area contributed by atoms with Crippen molar-refractivity contribution in [2.24, 2.45) is 0 Å². The minimum atomic E-state index is 0.600. The van der Waals surface area contributed by atoms with Crippen LogP contribution in [-0.2, 0) is 0 Å². The monoisotopic (exact) mass is 733 g/mol. The number of hydrogen-bond acceptors (Lipinski definition) is 5. The maximum absolute atomic E-state index is 6.56. The number of benzene rings is 8. The third-order valence-corrected chi connectivity index (χ3v) is 11.8. The quantitative estimate of drug-likeness (QED) is 0.171. The van der Waals surface area contributed by atoms with E-state index in [1.165, 1.54) is 36.9 Å². The summed E-state index contributed by atoms with van der Waals surface area (Å²) in [4.78, 5) is 15.2. The second kappa shape index (κ2) is 13.3. The lowest BCUT2D eigenvalue weighted by Crippen LogP contribution is -2.00. The Balaban J connectivity index is 0.980. The molecule has 0 saturated carbocycles. The molecule has 0 amide bonds. The molecule has 56 heavy (non-hydrogen) atoms.